The van der Waals surface area contributed by atoms with Crippen molar-refractivity contribution in [2.75, 3.05) is 19.1 Å². The number of ether oxygens (including phenoxy) is 1. The third-order valence-electron chi connectivity index (χ3n) is 3.99. The van der Waals surface area contributed by atoms with E-state index in [1.54, 1.807) is 29.3 Å². The molecule has 160 valence electrons. The number of hydrogen-bond acceptors (Lipinski definition) is 9. The maximum atomic E-state index is 13.1. The van der Waals surface area contributed by atoms with Gasteiger partial charge in [-0.2, -0.15) is 13.2 Å². The Labute approximate surface area is 168 Å². The number of hydrogen-bond donors (Lipinski definition) is 2. The second kappa shape index (κ2) is 8.46. The molecule has 14 heteroatoms. The molecule has 2 N–H and O–H groups in total. The van der Waals surface area contributed by atoms with Crippen LogP contribution in [0.5, 0.6) is 0 Å². The molecule has 0 aromatic carbocycles. The van der Waals surface area contributed by atoms with Gasteiger partial charge in [0.25, 0.3) is 5.91 Å². The molecule has 30 heavy (non-hydrogen) atoms. The Hall–Kier alpha value is -3.52. The Bertz CT molecular complexity index is 973. The lowest BCUT2D eigenvalue weighted by molar-refractivity contribution is -0.141. The molecule has 0 bridgehead atoms. The lowest BCUT2D eigenvalue weighted by Gasteiger charge is -2.20. The number of halogens is 3. The molecule has 0 unspecified atom stereocenters. The SMILES string of the molecule is C=CC1=CN(COCc2nc(C(F)(F)F)ccc2C(=O)Nc2nnnn2C)NN1C. The number of rotatable bonds is 7. The van der Waals surface area contributed by atoms with Crippen molar-refractivity contribution in [3.63, 3.8) is 0 Å². The van der Waals surface area contributed by atoms with Crippen LogP contribution in [0.15, 0.2) is 36.7 Å². The van der Waals surface area contributed by atoms with Gasteiger partial charge >= 0.3 is 6.18 Å². The quantitative estimate of drug-likeness (QED) is 0.672. The summed E-state index contributed by atoms with van der Waals surface area (Å²) in [6, 6.07) is 1.76. The average molecular weight is 425 g/mol. The van der Waals surface area contributed by atoms with Gasteiger partial charge in [0.05, 0.1) is 23.6 Å². The molecule has 0 saturated heterocycles. The Morgan fingerprint density at radius 2 is 2.13 bits per heavy atom. The summed E-state index contributed by atoms with van der Waals surface area (Å²) < 4.78 is 45.9. The predicted molar refractivity (Wildman–Crippen MR) is 96.7 cm³/mol. The van der Waals surface area contributed by atoms with Gasteiger partial charge in [-0.3, -0.25) is 20.1 Å². The predicted octanol–water partition coefficient (Wildman–Crippen LogP) is 1.04. The first-order valence-electron chi connectivity index (χ1n) is 8.48. The molecule has 0 aliphatic carbocycles. The van der Waals surface area contributed by atoms with E-state index in [2.05, 4.69) is 37.9 Å². The second-order valence-corrected chi connectivity index (χ2v) is 6.13. The number of hydrazine groups is 2. The summed E-state index contributed by atoms with van der Waals surface area (Å²) >= 11 is 0. The first-order chi connectivity index (χ1) is 14.2. The number of carbonyl (C=O) groups is 1. The molecule has 11 nitrogen and oxygen atoms in total. The Morgan fingerprint density at radius 1 is 1.37 bits per heavy atom. The Kier molecular flexibility index (Phi) is 5.98. The molecule has 0 radical (unpaired) electrons. The van der Waals surface area contributed by atoms with E-state index in [0.717, 1.165) is 17.8 Å². The molecule has 3 rings (SSSR count). The molecule has 0 spiro atoms. The van der Waals surface area contributed by atoms with E-state index in [9.17, 15) is 18.0 Å². The molecule has 1 aliphatic heterocycles. The number of alkyl halides is 3. The van der Waals surface area contributed by atoms with Crippen LogP contribution in [0.3, 0.4) is 0 Å². The van der Waals surface area contributed by atoms with Gasteiger partial charge in [0, 0.05) is 20.3 Å². The fraction of sp³-hybridized carbons (Fsp3) is 0.312. The van der Waals surface area contributed by atoms with E-state index >= 15 is 0 Å². The number of aryl methyl sites for hydroxylation is 1. The van der Waals surface area contributed by atoms with E-state index in [1.165, 1.54) is 11.7 Å². The number of aromatic nitrogens is 5. The Balaban J connectivity index is 1.76. The van der Waals surface area contributed by atoms with Gasteiger partial charge in [0.1, 0.15) is 12.4 Å². The second-order valence-electron chi connectivity index (χ2n) is 6.13. The van der Waals surface area contributed by atoms with E-state index in [0.29, 0.717) is 0 Å². The first kappa shape index (κ1) is 21.2. The van der Waals surface area contributed by atoms with Crippen LogP contribution >= 0.6 is 0 Å². The number of amides is 1. The highest BCUT2D eigenvalue weighted by molar-refractivity contribution is 6.04. The van der Waals surface area contributed by atoms with Crippen LogP contribution < -0.4 is 10.9 Å². The molecular formula is C16H18F3N9O2. The minimum absolute atomic E-state index is 0.0200. The van der Waals surface area contributed by atoms with Gasteiger partial charge in [-0.05, 0) is 28.6 Å². The monoisotopic (exact) mass is 425 g/mol. The lowest BCUT2D eigenvalue weighted by Crippen LogP contribution is -2.39. The van der Waals surface area contributed by atoms with Crippen molar-refractivity contribution in [1.29, 1.82) is 0 Å². The number of pyridine rings is 1. The van der Waals surface area contributed by atoms with Gasteiger partial charge in [-0.15, -0.1) is 5.53 Å². The van der Waals surface area contributed by atoms with Crippen molar-refractivity contribution >= 4 is 11.9 Å². The van der Waals surface area contributed by atoms with E-state index in [-0.39, 0.29) is 30.5 Å². The maximum Gasteiger partial charge on any atom is 0.433 e. The van der Waals surface area contributed by atoms with E-state index in [1.807, 2.05) is 0 Å². The molecule has 2 aromatic rings. The highest BCUT2D eigenvalue weighted by Crippen LogP contribution is 2.28. The minimum Gasteiger partial charge on any atom is -0.353 e. The first-order valence-corrected chi connectivity index (χ1v) is 8.48. The van der Waals surface area contributed by atoms with Crippen molar-refractivity contribution in [3.8, 4) is 0 Å². The van der Waals surface area contributed by atoms with Crippen LogP contribution in [-0.2, 0) is 24.6 Å². The molecule has 0 fully saturated rings. The zero-order valence-corrected chi connectivity index (χ0v) is 16.0. The summed E-state index contributed by atoms with van der Waals surface area (Å²) in [7, 11) is 3.25. The van der Waals surface area contributed by atoms with E-state index < -0.39 is 17.8 Å². The summed E-state index contributed by atoms with van der Waals surface area (Å²) in [5.41, 5.74) is 2.28. The highest BCUT2D eigenvalue weighted by atomic mass is 19.4. The van der Waals surface area contributed by atoms with Crippen molar-refractivity contribution in [2.24, 2.45) is 7.05 Å². The molecule has 0 atom stereocenters. The molecule has 2 aromatic heterocycles. The lowest BCUT2D eigenvalue weighted by atomic mass is 10.1. The summed E-state index contributed by atoms with van der Waals surface area (Å²) in [5.74, 6) is -0.696. The van der Waals surface area contributed by atoms with Crippen LogP contribution in [-0.4, -0.2) is 54.9 Å². The summed E-state index contributed by atoms with van der Waals surface area (Å²) in [4.78, 5) is 16.1. The molecule has 1 amide bonds. The zero-order chi connectivity index (χ0) is 21.9. The minimum atomic E-state index is -4.67. The van der Waals surface area contributed by atoms with Crippen LogP contribution in [0.25, 0.3) is 0 Å². The van der Waals surface area contributed by atoms with Gasteiger partial charge in [0.15, 0.2) is 0 Å². The summed E-state index contributed by atoms with van der Waals surface area (Å²) in [5, 5.41) is 16.2. The maximum absolute atomic E-state index is 13.1. The van der Waals surface area contributed by atoms with Gasteiger partial charge in [-0.1, -0.05) is 11.7 Å². The average Bonchev–Trinajstić information content (AvgIpc) is 3.25. The van der Waals surface area contributed by atoms with E-state index in [4.69, 9.17) is 4.74 Å². The highest BCUT2D eigenvalue weighted by Gasteiger charge is 2.33. The van der Waals surface area contributed by atoms with Crippen molar-refractivity contribution in [3.05, 3.63) is 53.6 Å². The van der Waals surface area contributed by atoms with Gasteiger partial charge < -0.3 is 4.74 Å². The number of nitrogens with one attached hydrogen (secondary N) is 2. The van der Waals surface area contributed by atoms with Crippen molar-refractivity contribution in [2.45, 2.75) is 12.8 Å². The number of allylic oxidation sites excluding steroid dienone is 1. The number of nitrogens with zero attached hydrogens (tertiary/aromatic N) is 7. The molecule has 0 saturated carbocycles. The fourth-order valence-corrected chi connectivity index (χ4v) is 2.50. The normalized spacial score (nSPS) is 14.1. The number of tetrazole rings is 1. The van der Waals surface area contributed by atoms with Crippen molar-refractivity contribution < 1.29 is 22.7 Å². The summed E-state index contributed by atoms with van der Waals surface area (Å²) in [6.45, 7) is 3.30. The third-order valence-corrected chi connectivity index (χ3v) is 3.99. The van der Waals surface area contributed by atoms with Gasteiger partial charge in [-0.25, -0.2) is 9.67 Å². The third kappa shape index (κ3) is 4.72. The topological polar surface area (TPSA) is 113 Å². The number of anilines is 1. The zero-order valence-electron chi connectivity index (χ0n) is 16.0. The van der Waals surface area contributed by atoms with Crippen LogP contribution in [0.1, 0.15) is 21.7 Å². The fourth-order valence-electron chi connectivity index (χ4n) is 2.50. The summed E-state index contributed by atoms with van der Waals surface area (Å²) in [6.07, 6.45) is -1.36. The molecule has 3 heterocycles. The molecule has 1 aliphatic rings. The molecular weight excluding hydrogens is 407 g/mol. The number of likely N-dealkylation sites (N-methyl/N-ethyl adjacent to an activating group) is 1. The Morgan fingerprint density at radius 3 is 2.73 bits per heavy atom. The van der Waals surface area contributed by atoms with Crippen molar-refractivity contribution in [1.82, 2.24) is 40.7 Å². The largest absolute Gasteiger partial charge is 0.433 e. The van der Waals surface area contributed by atoms with Crippen LogP contribution in [0.4, 0.5) is 19.1 Å². The standard InChI is InChI=1S/C16H18F3N9O2/c1-4-10-7-28(25-26(10)2)9-30-8-12-11(5-6-13(20-12)16(17,18)19)14(29)21-15-22-23-24-27(15)3/h4-7,25H,1,8-9H2,2-3H3,(H,21,22,24,29). The number of carbonyl (C=O) groups excluding carboxylic acids is 1. The van der Waals surface area contributed by atoms with Crippen LogP contribution in [0.2, 0.25) is 0 Å². The smallest absolute Gasteiger partial charge is 0.353 e. The van der Waals surface area contributed by atoms with Gasteiger partial charge in [0.2, 0.25) is 5.95 Å². The van der Waals surface area contributed by atoms with Crippen LogP contribution in [0, 0.1) is 0 Å².